The summed E-state index contributed by atoms with van der Waals surface area (Å²) in [5, 5.41) is 13.1. The van der Waals surface area contributed by atoms with Crippen molar-refractivity contribution in [3.63, 3.8) is 0 Å². The molecule has 9 nitrogen and oxygen atoms in total. The summed E-state index contributed by atoms with van der Waals surface area (Å²) in [5.74, 6) is -0.863. The summed E-state index contributed by atoms with van der Waals surface area (Å²) in [5.41, 5.74) is 6.75. The van der Waals surface area contributed by atoms with E-state index in [0.717, 1.165) is 5.56 Å². The smallest absolute Gasteiger partial charge is 0.265 e. The van der Waals surface area contributed by atoms with Crippen LogP contribution < -0.4 is 16.6 Å². The number of fused-ring (bicyclic) bond motifs is 1. The molecular weight excluding hydrogens is 526 g/mol. The maximum atomic E-state index is 13.3. The van der Waals surface area contributed by atoms with Crippen LogP contribution in [0.2, 0.25) is 5.02 Å². The summed E-state index contributed by atoms with van der Waals surface area (Å²) in [7, 11) is 0. The van der Waals surface area contributed by atoms with Crippen LogP contribution >= 0.6 is 27.5 Å². The van der Waals surface area contributed by atoms with Crippen LogP contribution in [0.4, 0.5) is 5.69 Å². The van der Waals surface area contributed by atoms with E-state index in [4.69, 9.17) is 17.3 Å². The van der Waals surface area contributed by atoms with Gasteiger partial charge in [-0.2, -0.15) is 0 Å². The van der Waals surface area contributed by atoms with Crippen LogP contribution in [0, 0.1) is 5.92 Å². The van der Waals surface area contributed by atoms with Crippen molar-refractivity contribution in [3.05, 3.63) is 67.5 Å². The van der Waals surface area contributed by atoms with E-state index in [1.807, 2.05) is 0 Å². The van der Waals surface area contributed by atoms with Gasteiger partial charge in [0.2, 0.25) is 5.91 Å². The van der Waals surface area contributed by atoms with Gasteiger partial charge < -0.3 is 21.1 Å². The summed E-state index contributed by atoms with van der Waals surface area (Å²) >= 11 is 9.22. The number of benzene rings is 1. The molecule has 2 amide bonds. The summed E-state index contributed by atoms with van der Waals surface area (Å²) in [6.07, 6.45) is 2.15. The summed E-state index contributed by atoms with van der Waals surface area (Å²) in [6.45, 7) is 0.820. The molecule has 4 N–H and O–H groups in total. The van der Waals surface area contributed by atoms with E-state index < -0.39 is 11.5 Å². The van der Waals surface area contributed by atoms with Crippen LogP contribution in [-0.2, 0) is 17.9 Å². The number of halogens is 2. The number of carbonyl (C=O) groups is 2. The third-order valence-electron chi connectivity index (χ3n) is 5.91. The van der Waals surface area contributed by atoms with Crippen molar-refractivity contribution in [2.24, 2.45) is 5.92 Å². The Kier molecular flexibility index (Phi) is 7.20. The van der Waals surface area contributed by atoms with Crippen molar-refractivity contribution >= 4 is 56.1 Å². The molecule has 0 radical (unpaired) electrons. The minimum absolute atomic E-state index is 0.00203. The van der Waals surface area contributed by atoms with Gasteiger partial charge in [-0.15, -0.1) is 0 Å². The first-order valence-electron chi connectivity index (χ1n) is 10.7. The number of rotatable bonds is 6. The second kappa shape index (κ2) is 10.1. The van der Waals surface area contributed by atoms with Gasteiger partial charge in [-0.1, -0.05) is 23.7 Å². The molecule has 2 aromatic heterocycles. The number of amides is 2. The first kappa shape index (κ1) is 24.2. The molecule has 1 saturated heterocycles. The molecule has 1 aliphatic rings. The van der Waals surface area contributed by atoms with Crippen molar-refractivity contribution in [2.75, 3.05) is 25.4 Å². The first-order valence-corrected chi connectivity index (χ1v) is 11.8. The Morgan fingerprint density at radius 3 is 2.71 bits per heavy atom. The van der Waals surface area contributed by atoms with E-state index >= 15 is 0 Å². The maximum Gasteiger partial charge on any atom is 0.265 e. The van der Waals surface area contributed by atoms with Gasteiger partial charge in [-0.25, -0.2) is 4.98 Å². The average molecular weight is 549 g/mol. The fourth-order valence-electron chi connectivity index (χ4n) is 3.94. The Hall–Kier alpha value is -2.95. The zero-order chi connectivity index (χ0) is 24.4. The Balaban J connectivity index is 1.68. The molecule has 0 spiro atoms. The van der Waals surface area contributed by atoms with Crippen molar-refractivity contribution in [1.82, 2.24) is 19.8 Å². The topological polar surface area (TPSA) is 131 Å². The van der Waals surface area contributed by atoms with Crippen molar-refractivity contribution in [1.29, 1.82) is 0 Å². The zero-order valence-electron chi connectivity index (χ0n) is 18.1. The number of hydrogen-bond acceptors (Lipinski definition) is 6. The predicted molar refractivity (Wildman–Crippen MR) is 133 cm³/mol. The van der Waals surface area contributed by atoms with Gasteiger partial charge in [-0.05, 0) is 46.1 Å². The molecule has 1 atom stereocenters. The van der Waals surface area contributed by atoms with Gasteiger partial charge >= 0.3 is 0 Å². The number of aliphatic hydroxyl groups excluding tert-OH is 1. The Morgan fingerprint density at radius 2 is 2.03 bits per heavy atom. The van der Waals surface area contributed by atoms with Crippen molar-refractivity contribution < 1.29 is 14.7 Å². The normalized spacial score (nSPS) is 15.6. The Morgan fingerprint density at radius 1 is 1.29 bits per heavy atom. The van der Waals surface area contributed by atoms with E-state index in [2.05, 4.69) is 26.2 Å². The molecule has 178 valence electrons. The number of nitrogens with zero attached hydrogens (tertiary/aromatic N) is 3. The lowest BCUT2D eigenvalue weighted by Gasteiger charge is -2.19. The quantitative estimate of drug-likeness (QED) is 0.433. The van der Waals surface area contributed by atoms with Gasteiger partial charge in [0.05, 0.1) is 10.2 Å². The summed E-state index contributed by atoms with van der Waals surface area (Å²) in [6, 6.07) is 8.37. The molecular formula is C23H23BrClN5O4. The predicted octanol–water partition coefficient (Wildman–Crippen LogP) is 2.17. The van der Waals surface area contributed by atoms with Crippen molar-refractivity contribution in [3.8, 4) is 0 Å². The molecule has 3 heterocycles. The van der Waals surface area contributed by atoms with E-state index in [9.17, 15) is 19.5 Å². The number of carbonyl (C=O) groups excluding carboxylic acids is 2. The molecule has 1 unspecified atom stereocenters. The third kappa shape index (κ3) is 4.94. The molecule has 3 aromatic rings. The number of pyridine rings is 2. The first-order chi connectivity index (χ1) is 16.3. The SMILES string of the molecule is Nc1c(Br)cnc2c1cc(C(=O)NCc1ccc(Cl)cc1)c(=O)n2CC(=O)N1CCC(CO)C1. The van der Waals surface area contributed by atoms with Crippen LogP contribution in [0.3, 0.4) is 0 Å². The van der Waals surface area contributed by atoms with E-state index in [1.54, 1.807) is 29.2 Å². The van der Waals surface area contributed by atoms with Gasteiger partial charge in [0.15, 0.2) is 0 Å². The summed E-state index contributed by atoms with van der Waals surface area (Å²) in [4.78, 5) is 45.2. The van der Waals surface area contributed by atoms with Gasteiger partial charge in [-0.3, -0.25) is 19.0 Å². The lowest BCUT2D eigenvalue weighted by molar-refractivity contribution is -0.130. The number of nitrogens with one attached hydrogen (secondary N) is 1. The largest absolute Gasteiger partial charge is 0.397 e. The Labute approximate surface area is 208 Å². The highest BCUT2D eigenvalue weighted by molar-refractivity contribution is 9.10. The maximum absolute atomic E-state index is 13.3. The standard InChI is InChI=1S/C23H23BrClN5O4/c24-18-9-27-21-16(20(18)26)7-17(22(33)28-8-13-1-3-15(25)4-2-13)23(34)30(21)11-19(32)29-6-5-14(10-29)12-31/h1-4,7,9,14,31H,5-6,8,10-12H2,(H2,26,27)(H,28,33). The van der Waals surface area contributed by atoms with Crippen LogP contribution in [0.15, 0.2) is 45.8 Å². The Bertz CT molecular complexity index is 1310. The minimum atomic E-state index is -0.637. The van der Waals surface area contributed by atoms with Gasteiger partial charge in [0, 0.05) is 48.8 Å². The van der Waals surface area contributed by atoms with Crippen LogP contribution in [0.5, 0.6) is 0 Å². The van der Waals surface area contributed by atoms with Crippen LogP contribution in [0.25, 0.3) is 11.0 Å². The lowest BCUT2D eigenvalue weighted by Crippen LogP contribution is -2.38. The number of aliphatic hydroxyl groups is 1. The number of likely N-dealkylation sites (tertiary alicyclic amines) is 1. The fraction of sp³-hybridized carbons (Fsp3) is 0.304. The second-order valence-electron chi connectivity index (χ2n) is 8.19. The lowest BCUT2D eigenvalue weighted by atomic mass is 10.1. The highest BCUT2D eigenvalue weighted by Crippen LogP contribution is 2.27. The number of nitrogen functional groups attached to an aromatic ring is 1. The number of nitrogens with two attached hydrogens (primary N) is 1. The highest BCUT2D eigenvalue weighted by Gasteiger charge is 2.27. The van der Waals surface area contributed by atoms with Crippen molar-refractivity contribution in [2.45, 2.75) is 19.5 Å². The van der Waals surface area contributed by atoms with E-state index in [-0.39, 0.29) is 42.7 Å². The zero-order valence-corrected chi connectivity index (χ0v) is 20.5. The molecule has 1 aliphatic heterocycles. The molecule has 4 rings (SSSR count). The van der Waals surface area contributed by atoms with E-state index in [1.165, 1.54) is 16.8 Å². The summed E-state index contributed by atoms with van der Waals surface area (Å²) < 4.78 is 1.69. The van der Waals surface area contributed by atoms with Gasteiger partial charge in [0.1, 0.15) is 17.8 Å². The molecule has 0 aliphatic carbocycles. The van der Waals surface area contributed by atoms with E-state index in [0.29, 0.717) is 40.1 Å². The number of aromatic nitrogens is 2. The number of anilines is 1. The molecule has 1 fully saturated rings. The fourth-order valence-corrected chi connectivity index (χ4v) is 4.39. The molecule has 1 aromatic carbocycles. The average Bonchev–Trinajstić information content (AvgIpc) is 3.32. The highest BCUT2D eigenvalue weighted by atomic mass is 79.9. The molecule has 34 heavy (non-hydrogen) atoms. The third-order valence-corrected chi connectivity index (χ3v) is 6.79. The minimum Gasteiger partial charge on any atom is -0.397 e. The van der Waals surface area contributed by atoms with Gasteiger partial charge in [0.25, 0.3) is 11.5 Å². The molecule has 11 heteroatoms. The number of hydrogen-bond donors (Lipinski definition) is 3. The second-order valence-corrected chi connectivity index (χ2v) is 9.48. The monoisotopic (exact) mass is 547 g/mol. The molecule has 0 bridgehead atoms. The molecule has 0 saturated carbocycles. The van der Waals surface area contributed by atoms with Crippen LogP contribution in [-0.4, -0.2) is 51.1 Å². The van der Waals surface area contributed by atoms with Crippen LogP contribution in [0.1, 0.15) is 22.3 Å².